The van der Waals surface area contributed by atoms with Gasteiger partial charge in [0, 0.05) is 24.6 Å². The van der Waals surface area contributed by atoms with Crippen LogP contribution in [0, 0.1) is 0 Å². The van der Waals surface area contributed by atoms with Crippen LogP contribution in [-0.2, 0) is 11.3 Å². The van der Waals surface area contributed by atoms with Crippen LogP contribution in [0.15, 0.2) is 24.3 Å². The van der Waals surface area contributed by atoms with Gasteiger partial charge < -0.3 is 20.8 Å². The summed E-state index contributed by atoms with van der Waals surface area (Å²) >= 11 is 5.79. The van der Waals surface area contributed by atoms with Gasteiger partial charge in [0.15, 0.2) is 0 Å². The van der Waals surface area contributed by atoms with Gasteiger partial charge in [-0.05, 0) is 17.7 Å². The zero-order valence-corrected chi connectivity index (χ0v) is 10.9. The van der Waals surface area contributed by atoms with E-state index in [1.165, 1.54) is 0 Å². The maximum absolute atomic E-state index is 11.5. The number of carbonyl (C=O) groups is 2. The molecule has 0 spiro atoms. The number of carboxylic acids is 1. The molecule has 0 aromatic heterocycles. The molecular weight excluding hydrogens is 272 g/mol. The van der Waals surface area contributed by atoms with E-state index < -0.39 is 18.0 Å². The van der Waals surface area contributed by atoms with E-state index in [4.69, 9.17) is 21.8 Å². The molecule has 0 radical (unpaired) electrons. The number of aliphatic hydroxyl groups excluding tert-OH is 1. The van der Waals surface area contributed by atoms with Crippen molar-refractivity contribution in [2.24, 2.45) is 0 Å². The zero-order valence-electron chi connectivity index (χ0n) is 10.1. The number of benzene rings is 1. The van der Waals surface area contributed by atoms with Gasteiger partial charge in [0.25, 0.3) is 0 Å². The van der Waals surface area contributed by atoms with Crippen molar-refractivity contribution in [1.29, 1.82) is 0 Å². The average molecular weight is 287 g/mol. The van der Waals surface area contributed by atoms with Gasteiger partial charge in [0.2, 0.25) is 0 Å². The highest BCUT2D eigenvalue weighted by atomic mass is 35.5. The zero-order chi connectivity index (χ0) is 14.3. The lowest BCUT2D eigenvalue weighted by Crippen LogP contribution is -2.46. The molecule has 2 amide bonds. The molecule has 0 saturated carbocycles. The monoisotopic (exact) mass is 286 g/mol. The van der Waals surface area contributed by atoms with Gasteiger partial charge in [-0.15, -0.1) is 0 Å². The van der Waals surface area contributed by atoms with Gasteiger partial charge in [-0.3, -0.25) is 0 Å². The van der Waals surface area contributed by atoms with E-state index in [2.05, 4.69) is 10.6 Å². The topological polar surface area (TPSA) is 98.7 Å². The molecule has 4 N–H and O–H groups in total. The Balaban J connectivity index is 2.44. The number of hydrogen-bond acceptors (Lipinski definition) is 3. The highest BCUT2D eigenvalue weighted by Gasteiger charge is 2.18. The standard InChI is InChI=1S/C12H15ClN2O4/c13-9-3-1-2-8(6-9)7-14-12(19)15-10(4-5-16)11(17)18/h1-3,6,10,16H,4-5,7H2,(H,17,18)(H2,14,15,19). The van der Waals surface area contributed by atoms with E-state index in [-0.39, 0.29) is 19.6 Å². The molecular formula is C12H15ClN2O4. The Bertz CT molecular complexity index is 453. The Kier molecular flexibility index (Phi) is 6.11. The molecule has 1 aromatic rings. The SMILES string of the molecule is O=C(NCc1cccc(Cl)c1)NC(CCO)C(=O)O. The Hall–Kier alpha value is -1.79. The van der Waals surface area contributed by atoms with E-state index >= 15 is 0 Å². The van der Waals surface area contributed by atoms with E-state index in [1.807, 2.05) is 0 Å². The number of halogens is 1. The summed E-state index contributed by atoms with van der Waals surface area (Å²) < 4.78 is 0. The van der Waals surface area contributed by atoms with Crippen LogP contribution in [0.1, 0.15) is 12.0 Å². The summed E-state index contributed by atoms with van der Waals surface area (Å²) in [5.74, 6) is -1.19. The fraction of sp³-hybridized carbons (Fsp3) is 0.333. The van der Waals surface area contributed by atoms with Crippen molar-refractivity contribution >= 4 is 23.6 Å². The smallest absolute Gasteiger partial charge is 0.326 e. The summed E-state index contributed by atoms with van der Waals surface area (Å²) in [6.07, 6.45) is -0.0417. The second-order valence-corrected chi connectivity index (χ2v) is 4.30. The third kappa shape index (κ3) is 5.58. The van der Waals surface area contributed by atoms with Gasteiger partial charge >= 0.3 is 12.0 Å². The molecule has 0 saturated heterocycles. The first-order valence-corrected chi connectivity index (χ1v) is 6.03. The Morgan fingerprint density at radius 3 is 2.68 bits per heavy atom. The third-order valence-corrected chi connectivity index (χ3v) is 2.60. The minimum absolute atomic E-state index is 0.0417. The first-order valence-electron chi connectivity index (χ1n) is 5.65. The van der Waals surface area contributed by atoms with Crippen LogP contribution in [0.5, 0.6) is 0 Å². The molecule has 0 heterocycles. The predicted molar refractivity (Wildman–Crippen MR) is 70.0 cm³/mol. The number of rotatable bonds is 6. The second-order valence-electron chi connectivity index (χ2n) is 3.86. The molecule has 6 nitrogen and oxygen atoms in total. The Morgan fingerprint density at radius 1 is 1.37 bits per heavy atom. The summed E-state index contributed by atoms with van der Waals surface area (Å²) in [4.78, 5) is 22.3. The number of nitrogens with one attached hydrogen (secondary N) is 2. The first-order chi connectivity index (χ1) is 9.02. The van der Waals surface area contributed by atoms with Gasteiger partial charge in [-0.2, -0.15) is 0 Å². The highest BCUT2D eigenvalue weighted by molar-refractivity contribution is 6.30. The van der Waals surface area contributed by atoms with Crippen molar-refractivity contribution < 1.29 is 19.8 Å². The fourth-order valence-corrected chi connectivity index (χ4v) is 1.64. The van der Waals surface area contributed by atoms with Crippen LogP contribution in [0.25, 0.3) is 0 Å². The minimum Gasteiger partial charge on any atom is -0.480 e. The van der Waals surface area contributed by atoms with Crippen molar-refractivity contribution in [3.05, 3.63) is 34.9 Å². The summed E-state index contributed by atoms with van der Waals surface area (Å²) in [6.45, 7) is -0.0800. The minimum atomic E-state index is -1.19. The lowest BCUT2D eigenvalue weighted by molar-refractivity contribution is -0.139. The van der Waals surface area contributed by atoms with Crippen molar-refractivity contribution in [3.63, 3.8) is 0 Å². The summed E-state index contributed by atoms with van der Waals surface area (Å²) in [7, 11) is 0. The van der Waals surface area contributed by atoms with Crippen LogP contribution < -0.4 is 10.6 Å². The van der Waals surface area contributed by atoms with Crippen LogP contribution in [0.3, 0.4) is 0 Å². The van der Waals surface area contributed by atoms with Gasteiger partial charge in [0.05, 0.1) is 0 Å². The number of carboxylic acid groups (broad SMARTS) is 1. The van der Waals surface area contributed by atoms with Crippen LogP contribution >= 0.6 is 11.6 Å². The molecule has 1 atom stereocenters. The van der Waals surface area contributed by atoms with E-state index in [0.717, 1.165) is 5.56 Å². The van der Waals surface area contributed by atoms with Crippen LogP contribution in [-0.4, -0.2) is 34.9 Å². The number of aliphatic carboxylic acids is 1. The molecule has 7 heteroatoms. The molecule has 1 aromatic carbocycles. The largest absolute Gasteiger partial charge is 0.480 e. The molecule has 19 heavy (non-hydrogen) atoms. The normalized spacial score (nSPS) is 11.7. The molecule has 0 fully saturated rings. The summed E-state index contributed by atoms with van der Waals surface area (Å²) in [5.41, 5.74) is 0.802. The van der Waals surface area contributed by atoms with Crippen molar-refractivity contribution in [2.45, 2.75) is 19.0 Å². The van der Waals surface area contributed by atoms with Crippen LogP contribution in [0.4, 0.5) is 4.79 Å². The number of hydrogen-bond donors (Lipinski definition) is 4. The maximum atomic E-state index is 11.5. The van der Waals surface area contributed by atoms with E-state index in [0.29, 0.717) is 5.02 Å². The molecule has 0 aliphatic heterocycles. The van der Waals surface area contributed by atoms with Crippen molar-refractivity contribution in [2.75, 3.05) is 6.61 Å². The molecule has 0 aliphatic carbocycles. The predicted octanol–water partition coefficient (Wildman–Crippen LogP) is 0.975. The molecule has 1 unspecified atom stereocenters. The lowest BCUT2D eigenvalue weighted by atomic mass is 10.2. The number of amides is 2. The maximum Gasteiger partial charge on any atom is 0.326 e. The van der Waals surface area contributed by atoms with Gasteiger partial charge in [0.1, 0.15) is 6.04 Å². The fourth-order valence-electron chi connectivity index (χ4n) is 1.43. The average Bonchev–Trinajstić information content (AvgIpc) is 2.36. The lowest BCUT2D eigenvalue weighted by Gasteiger charge is -2.14. The van der Waals surface area contributed by atoms with Crippen LogP contribution in [0.2, 0.25) is 5.02 Å². The second kappa shape index (κ2) is 7.60. The third-order valence-electron chi connectivity index (χ3n) is 2.36. The molecule has 104 valence electrons. The first kappa shape index (κ1) is 15.3. The number of carbonyl (C=O) groups excluding carboxylic acids is 1. The summed E-state index contributed by atoms with van der Waals surface area (Å²) in [5, 5.41) is 22.8. The van der Waals surface area contributed by atoms with E-state index in [1.54, 1.807) is 24.3 Å². The van der Waals surface area contributed by atoms with Gasteiger partial charge in [-0.1, -0.05) is 23.7 Å². The Morgan fingerprint density at radius 2 is 2.11 bits per heavy atom. The van der Waals surface area contributed by atoms with E-state index in [9.17, 15) is 9.59 Å². The van der Waals surface area contributed by atoms with Crippen molar-refractivity contribution in [1.82, 2.24) is 10.6 Å². The quantitative estimate of drug-likeness (QED) is 0.626. The Labute approximate surface area is 115 Å². The molecule has 0 aliphatic rings. The summed E-state index contributed by atoms with van der Waals surface area (Å²) in [6, 6.07) is 5.24. The molecule has 0 bridgehead atoms. The number of urea groups is 1. The number of aliphatic hydroxyl groups is 1. The molecule has 1 rings (SSSR count). The van der Waals surface area contributed by atoms with Gasteiger partial charge in [-0.25, -0.2) is 9.59 Å². The van der Waals surface area contributed by atoms with Crippen molar-refractivity contribution in [3.8, 4) is 0 Å². The highest BCUT2D eigenvalue weighted by Crippen LogP contribution is 2.10.